The molecule has 0 saturated carbocycles. The number of benzene rings is 2. The van der Waals surface area contributed by atoms with Crippen molar-refractivity contribution in [1.82, 2.24) is 14.8 Å². The molecule has 1 aliphatic heterocycles. The number of piperazine rings is 1. The van der Waals surface area contributed by atoms with E-state index in [2.05, 4.69) is 23.7 Å². The summed E-state index contributed by atoms with van der Waals surface area (Å²) in [7, 11) is 0. The molecule has 4 rings (SSSR count). The predicted molar refractivity (Wildman–Crippen MR) is 115 cm³/mol. The van der Waals surface area contributed by atoms with Crippen LogP contribution < -0.4 is 4.74 Å². The highest BCUT2D eigenvalue weighted by molar-refractivity contribution is 5.85. The number of halogens is 1. The number of carbonyl (C=O) groups is 1. The van der Waals surface area contributed by atoms with Crippen LogP contribution in [0.3, 0.4) is 0 Å². The lowest BCUT2D eigenvalue weighted by Crippen LogP contribution is -2.58. The van der Waals surface area contributed by atoms with Gasteiger partial charge in [0.2, 0.25) is 0 Å². The summed E-state index contributed by atoms with van der Waals surface area (Å²) < 4.78 is 19.0. The molecule has 0 bridgehead atoms. The van der Waals surface area contributed by atoms with Crippen LogP contribution in [0.5, 0.6) is 5.75 Å². The van der Waals surface area contributed by atoms with Gasteiger partial charge in [0.05, 0.1) is 0 Å². The topological polar surface area (TPSA) is 45.7 Å². The number of fused-ring (bicyclic) bond motifs is 1. The zero-order valence-electron chi connectivity index (χ0n) is 17.3. The van der Waals surface area contributed by atoms with E-state index in [-0.39, 0.29) is 30.4 Å². The van der Waals surface area contributed by atoms with E-state index in [0.717, 1.165) is 29.6 Å². The molecule has 2 unspecified atom stereocenters. The van der Waals surface area contributed by atoms with Crippen LogP contribution in [0.2, 0.25) is 0 Å². The van der Waals surface area contributed by atoms with E-state index >= 15 is 0 Å². The average Bonchev–Trinajstić information content (AvgIpc) is 2.76. The lowest BCUT2D eigenvalue weighted by molar-refractivity contribution is -0.139. The van der Waals surface area contributed by atoms with Gasteiger partial charge in [-0.3, -0.25) is 14.7 Å². The minimum Gasteiger partial charge on any atom is -0.481 e. The Labute approximate surface area is 176 Å². The summed E-state index contributed by atoms with van der Waals surface area (Å²) in [5.41, 5.74) is 1.83. The highest BCUT2D eigenvalue weighted by atomic mass is 19.1. The molecule has 0 N–H and O–H groups in total. The highest BCUT2D eigenvalue weighted by Gasteiger charge is 2.32. The number of aromatic nitrogens is 1. The molecule has 0 aliphatic carbocycles. The Kier molecular flexibility index (Phi) is 5.95. The standard InChI is InChI=1S/C24H26FN3O2/c1-17-14-28(18(2)13-27(17)15-19-8-10-21(25)11-9-19)23(29)16-30-22-7-3-5-20-6-4-12-26-24(20)22/h3-12,17-18H,13-16H2,1-2H3. The summed E-state index contributed by atoms with van der Waals surface area (Å²) >= 11 is 0. The molecule has 156 valence electrons. The van der Waals surface area contributed by atoms with Crippen molar-refractivity contribution in [3.8, 4) is 5.75 Å². The lowest BCUT2D eigenvalue weighted by Gasteiger charge is -2.44. The molecule has 2 aromatic carbocycles. The van der Waals surface area contributed by atoms with Crippen LogP contribution in [0.4, 0.5) is 4.39 Å². The third-order valence-corrected chi connectivity index (χ3v) is 5.68. The fourth-order valence-corrected chi connectivity index (χ4v) is 4.01. The summed E-state index contributed by atoms with van der Waals surface area (Å²) in [6, 6.07) is 16.5. The SMILES string of the molecule is CC1CN(C(=O)COc2cccc3cccnc23)C(C)CN1Cc1ccc(F)cc1. The zero-order chi connectivity index (χ0) is 21.1. The molecule has 5 nitrogen and oxygen atoms in total. The summed E-state index contributed by atoms with van der Waals surface area (Å²) in [5.74, 6) is 0.373. The average molecular weight is 407 g/mol. The number of hydrogen-bond donors (Lipinski definition) is 0. The van der Waals surface area contributed by atoms with Gasteiger partial charge in [-0.2, -0.15) is 0 Å². The van der Waals surface area contributed by atoms with Crippen molar-refractivity contribution in [2.24, 2.45) is 0 Å². The quantitative estimate of drug-likeness (QED) is 0.644. The molecule has 1 fully saturated rings. The third kappa shape index (κ3) is 4.44. The first-order valence-corrected chi connectivity index (χ1v) is 10.3. The van der Waals surface area contributed by atoms with E-state index in [4.69, 9.17) is 4.74 Å². The summed E-state index contributed by atoms with van der Waals surface area (Å²) in [6.45, 7) is 6.31. The third-order valence-electron chi connectivity index (χ3n) is 5.68. The molecule has 0 radical (unpaired) electrons. The summed E-state index contributed by atoms with van der Waals surface area (Å²) in [5, 5.41) is 0.985. The number of amides is 1. The Morgan fingerprint density at radius 1 is 1.07 bits per heavy atom. The maximum absolute atomic E-state index is 13.2. The van der Waals surface area contributed by atoms with Gasteiger partial charge in [-0.25, -0.2) is 4.39 Å². The molecule has 1 amide bonds. The van der Waals surface area contributed by atoms with E-state index in [1.807, 2.05) is 47.4 Å². The fraction of sp³-hybridized carbons (Fsp3) is 0.333. The van der Waals surface area contributed by atoms with Crippen LogP contribution >= 0.6 is 0 Å². The second kappa shape index (κ2) is 8.79. The first-order valence-electron chi connectivity index (χ1n) is 10.3. The van der Waals surface area contributed by atoms with Crippen LogP contribution in [0.15, 0.2) is 60.8 Å². The van der Waals surface area contributed by atoms with Gasteiger partial charge in [0.15, 0.2) is 6.61 Å². The Morgan fingerprint density at radius 2 is 1.83 bits per heavy atom. The lowest BCUT2D eigenvalue weighted by atomic mass is 10.1. The van der Waals surface area contributed by atoms with Gasteiger partial charge in [-0.15, -0.1) is 0 Å². The monoisotopic (exact) mass is 407 g/mol. The van der Waals surface area contributed by atoms with Gasteiger partial charge in [0, 0.05) is 43.3 Å². The molecule has 2 heterocycles. The summed E-state index contributed by atoms with van der Waals surface area (Å²) in [4.78, 5) is 21.5. The number of hydrogen-bond acceptors (Lipinski definition) is 4. The molecule has 1 aliphatic rings. The van der Waals surface area contributed by atoms with Crippen LogP contribution in [0, 0.1) is 5.82 Å². The molecule has 6 heteroatoms. The van der Waals surface area contributed by atoms with E-state index in [1.54, 1.807) is 6.20 Å². The van der Waals surface area contributed by atoms with Crippen LogP contribution in [0.25, 0.3) is 10.9 Å². The van der Waals surface area contributed by atoms with Gasteiger partial charge in [-0.05, 0) is 43.7 Å². The predicted octanol–water partition coefficient (Wildman–Crippen LogP) is 3.87. The van der Waals surface area contributed by atoms with Crippen molar-refractivity contribution in [3.05, 3.63) is 72.2 Å². The first kappa shape index (κ1) is 20.3. The van der Waals surface area contributed by atoms with E-state index in [1.165, 1.54) is 12.1 Å². The van der Waals surface area contributed by atoms with Gasteiger partial charge in [-0.1, -0.05) is 30.3 Å². The van der Waals surface area contributed by atoms with Gasteiger partial charge in [0.25, 0.3) is 5.91 Å². The molecule has 2 atom stereocenters. The number of carbonyl (C=O) groups excluding carboxylic acids is 1. The molecule has 1 saturated heterocycles. The normalized spacial score (nSPS) is 19.8. The molecule has 1 aromatic heterocycles. The van der Waals surface area contributed by atoms with Crippen molar-refractivity contribution in [1.29, 1.82) is 0 Å². The Morgan fingerprint density at radius 3 is 2.63 bits per heavy atom. The van der Waals surface area contributed by atoms with E-state index in [0.29, 0.717) is 12.3 Å². The smallest absolute Gasteiger partial charge is 0.260 e. The largest absolute Gasteiger partial charge is 0.481 e. The number of rotatable bonds is 5. The van der Waals surface area contributed by atoms with E-state index in [9.17, 15) is 9.18 Å². The van der Waals surface area contributed by atoms with Crippen molar-refractivity contribution >= 4 is 16.8 Å². The Hall–Kier alpha value is -2.99. The van der Waals surface area contributed by atoms with Gasteiger partial charge >= 0.3 is 0 Å². The number of ether oxygens (including phenoxy) is 1. The number of pyridine rings is 1. The first-order chi connectivity index (χ1) is 14.5. The maximum Gasteiger partial charge on any atom is 0.260 e. The minimum absolute atomic E-state index is 0.00922. The Balaban J connectivity index is 1.37. The zero-order valence-corrected chi connectivity index (χ0v) is 17.3. The molecule has 30 heavy (non-hydrogen) atoms. The number of nitrogens with zero attached hydrogens (tertiary/aromatic N) is 3. The van der Waals surface area contributed by atoms with Crippen molar-refractivity contribution in [2.45, 2.75) is 32.5 Å². The molecular weight excluding hydrogens is 381 g/mol. The van der Waals surface area contributed by atoms with Crippen LogP contribution in [-0.2, 0) is 11.3 Å². The molecule has 3 aromatic rings. The fourth-order valence-electron chi connectivity index (χ4n) is 4.01. The van der Waals surface area contributed by atoms with E-state index < -0.39 is 0 Å². The van der Waals surface area contributed by atoms with Gasteiger partial charge < -0.3 is 9.64 Å². The molecular formula is C24H26FN3O2. The van der Waals surface area contributed by atoms with Gasteiger partial charge in [0.1, 0.15) is 17.1 Å². The summed E-state index contributed by atoms with van der Waals surface area (Å²) in [6.07, 6.45) is 1.72. The minimum atomic E-state index is -0.225. The van der Waals surface area contributed by atoms with Crippen molar-refractivity contribution < 1.29 is 13.9 Å². The Bertz CT molecular complexity index is 1020. The second-order valence-electron chi connectivity index (χ2n) is 7.92. The van der Waals surface area contributed by atoms with Crippen molar-refractivity contribution in [3.63, 3.8) is 0 Å². The highest BCUT2D eigenvalue weighted by Crippen LogP contribution is 2.24. The van der Waals surface area contributed by atoms with Crippen LogP contribution in [-0.4, -0.2) is 52.5 Å². The molecule has 0 spiro atoms. The number of para-hydroxylation sites is 1. The van der Waals surface area contributed by atoms with Crippen molar-refractivity contribution in [2.75, 3.05) is 19.7 Å². The van der Waals surface area contributed by atoms with Crippen LogP contribution in [0.1, 0.15) is 19.4 Å². The maximum atomic E-state index is 13.2. The second-order valence-corrected chi connectivity index (χ2v) is 7.92.